The Bertz CT molecular complexity index is 695. The Morgan fingerprint density at radius 2 is 1.71 bits per heavy atom. The largest absolute Gasteiger partial charge is 0.481 e. The van der Waals surface area contributed by atoms with Crippen LogP contribution in [-0.4, -0.2) is 40.2 Å². The molecule has 0 fully saturated rings. The van der Waals surface area contributed by atoms with E-state index in [0.29, 0.717) is 12.0 Å². The van der Waals surface area contributed by atoms with Gasteiger partial charge in [-0.05, 0) is 24.1 Å². The van der Waals surface area contributed by atoms with Crippen molar-refractivity contribution < 1.29 is 26.7 Å². The van der Waals surface area contributed by atoms with E-state index in [1.807, 2.05) is 0 Å². The van der Waals surface area contributed by atoms with Crippen molar-refractivity contribution in [2.75, 3.05) is 12.3 Å². The van der Waals surface area contributed by atoms with Gasteiger partial charge in [0.2, 0.25) is 20.0 Å². The van der Waals surface area contributed by atoms with E-state index >= 15 is 0 Å². The maximum Gasteiger partial charge on any atom is 0.303 e. The lowest BCUT2D eigenvalue weighted by Crippen LogP contribution is -2.31. The molecule has 21 heavy (non-hydrogen) atoms. The first-order chi connectivity index (χ1) is 9.60. The van der Waals surface area contributed by atoms with E-state index in [4.69, 9.17) is 10.2 Å². The summed E-state index contributed by atoms with van der Waals surface area (Å²) in [6.07, 6.45) is 0.257. The standard InChI is InChI=1S/C11H16N2O6S2/c12-20(16,17)8-7-13-21(18,19)10-4-1-9(2-5-10)3-6-11(14)15/h1-2,4-5,13H,3,6-8H2,(H,14,15)(H2,12,16,17). The Hall–Kier alpha value is -1.49. The van der Waals surface area contributed by atoms with Gasteiger partial charge in [-0.25, -0.2) is 26.7 Å². The number of sulfonamides is 2. The van der Waals surface area contributed by atoms with Gasteiger partial charge in [-0.3, -0.25) is 4.79 Å². The average molecular weight is 336 g/mol. The Morgan fingerprint density at radius 1 is 1.14 bits per heavy atom. The van der Waals surface area contributed by atoms with Gasteiger partial charge in [-0.2, -0.15) is 0 Å². The van der Waals surface area contributed by atoms with Crippen molar-refractivity contribution in [2.45, 2.75) is 17.7 Å². The molecular weight excluding hydrogens is 320 g/mol. The molecule has 0 unspecified atom stereocenters. The number of benzene rings is 1. The summed E-state index contributed by atoms with van der Waals surface area (Å²) in [5.41, 5.74) is 0.695. The summed E-state index contributed by atoms with van der Waals surface area (Å²) in [5, 5.41) is 13.3. The Balaban J connectivity index is 2.69. The zero-order valence-corrected chi connectivity index (χ0v) is 12.7. The van der Waals surface area contributed by atoms with Crippen molar-refractivity contribution in [3.63, 3.8) is 0 Å². The number of carboxylic acid groups (broad SMARTS) is 1. The third kappa shape index (κ3) is 6.67. The number of hydrogen-bond acceptors (Lipinski definition) is 5. The third-order valence-electron chi connectivity index (χ3n) is 2.54. The van der Waals surface area contributed by atoms with E-state index in [0.717, 1.165) is 0 Å². The van der Waals surface area contributed by atoms with Crippen LogP contribution in [0.3, 0.4) is 0 Å². The molecule has 10 heteroatoms. The van der Waals surface area contributed by atoms with Crippen molar-refractivity contribution in [3.8, 4) is 0 Å². The second-order valence-corrected chi connectivity index (χ2v) is 7.80. The molecule has 1 aromatic rings. The molecule has 0 bridgehead atoms. The van der Waals surface area contributed by atoms with Crippen LogP contribution in [0.1, 0.15) is 12.0 Å². The number of hydrogen-bond donors (Lipinski definition) is 3. The van der Waals surface area contributed by atoms with Crippen molar-refractivity contribution >= 4 is 26.0 Å². The SMILES string of the molecule is NS(=O)(=O)CCNS(=O)(=O)c1ccc(CCC(=O)O)cc1. The molecule has 0 atom stereocenters. The van der Waals surface area contributed by atoms with Crippen molar-refractivity contribution in [3.05, 3.63) is 29.8 Å². The van der Waals surface area contributed by atoms with Crippen molar-refractivity contribution in [1.29, 1.82) is 0 Å². The molecule has 4 N–H and O–H groups in total. The van der Waals surface area contributed by atoms with Crippen LogP contribution in [0.15, 0.2) is 29.2 Å². The summed E-state index contributed by atoms with van der Waals surface area (Å²) in [7, 11) is -7.55. The third-order valence-corrected chi connectivity index (χ3v) is 4.79. The van der Waals surface area contributed by atoms with Crippen LogP contribution in [0.2, 0.25) is 0 Å². The first-order valence-electron chi connectivity index (χ1n) is 5.91. The number of nitrogens with two attached hydrogens (primary N) is 1. The predicted molar refractivity (Wildman–Crippen MR) is 75.6 cm³/mol. The van der Waals surface area contributed by atoms with E-state index in [1.165, 1.54) is 24.3 Å². The fourth-order valence-electron chi connectivity index (χ4n) is 1.49. The quantitative estimate of drug-likeness (QED) is 0.571. The topological polar surface area (TPSA) is 144 Å². The molecule has 0 radical (unpaired) electrons. The second kappa shape index (κ2) is 6.98. The molecule has 118 valence electrons. The molecule has 0 spiro atoms. The van der Waals surface area contributed by atoms with E-state index in [1.54, 1.807) is 0 Å². The molecule has 1 aromatic carbocycles. The average Bonchev–Trinajstić information content (AvgIpc) is 2.35. The van der Waals surface area contributed by atoms with Crippen LogP contribution in [0.4, 0.5) is 0 Å². The number of aliphatic carboxylic acids is 1. The number of carbonyl (C=O) groups is 1. The minimum Gasteiger partial charge on any atom is -0.481 e. The first-order valence-corrected chi connectivity index (χ1v) is 9.11. The zero-order valence-electron chi connectivity index (χ0n) is 11.0. The highest BCUT2D eigenvalue weighted by Gasteiger charge is 2.14. The van der Waals surface area contributed by atoms with Gasteiger partial charge in [-0.1, -0.05) is 12.1 Å². The molecule has 0 aromatic heterocycles. The minimum atomic E-state index is -3.82. The van der Waals surface area contributed by atoms with Crippen LogP contribution in [-0.2, 0) is 31.3 Å². The smallest absolute Gasteiger partial charge is 0.303 e. The zero-order chi connectivity index (χ0) is 16.1. The highest BCUT2D eigenvalue weighted by molar-refractivity contribution is 7.90. The van der Waals surface area contributed by atoms with E-state index in [2.05, 4.69) is 4.72 Å². The van der Waals surface area contributed by atoms with Gasteiger partial charge in [0.1, 0.15) is 0 Å². The van der Waals surface area contributed by atoms with Crippen LogP contribution < -0.4 is 9.86 Å². The van der Waals surface area contributed by atoms with E-state index in [9.17, 15) is 21.6 Å². The number of nitrogens with one attached hydrogen (secondary N) is 1. The lowest BCUT2D eigenvalue weighted by Gasteiger charge is -2.07. The van der Waals surface area contributed by atoms with Gasteiger partial charge in [0.05, 0.1) is 10.6 Å². The van der Waals surface area contributed by atoms with Gasteiger partial charge in [0.15, 0.2) is 0 Å². The fraction of sp³-hybridized carbons (Fsp3) is 0.364. The van der Waals surface area contributed by atoms with Crippen molar-refractivity contribution in [2.24, 2.45) is 5.14 Å². The summed E-state index contributed by atoms with van der Waals surface area (Å²) in [5.74, 6) is -1.43. The Kier molecular flexibility index (Phi) is 5.84. The molecular formula is C11H16N2O6S2. The monoisotopic (exact) mass is 336 g/mol. The molecule has 0 amide bonds. The van der Waals surface area contributed by atoms with Gasteiger partial charge >= 0.3 is 5.97 Å². The maximum absolute atomic E-state index is 11.9. The lowest BCUT2D eigenvalue weighted by molar-refractivity contribution is -0.136. The van der Waals surface area contributed by atoms with Crippen LogP contribution in [0.25, 0.3) is 0 Å². The first kappa shape index (κ1) is 17.6. The van der Waals surface area contributed by atoms with Crippen molar-refractivity contribution in [1.82, 2.24) is 4.72 Å². The maximum atomic E-state index is 11.9. The molecule has 0 saturated carbocycles. The molecule has 1 rings (SSSR count). The lowest BCUT2D eigenvalue weighted by atomic mass is 10.1. The van der Waals surface area contributed by atoms with Crippen LogP contribution >= 0.6 is 0 Å². The molecule has 0 aliphatic carbocycles. The Morgan fingerprint density at radius 3 is 2.19 bits per heavy atom. The highest BCUT2D eigenvalue weighted by atomic mass is 32.2. The second-order valence-electron chi connectivity index (χ2n) is 4.30. The van der Waals surface area contributed by atoms with Gasteiger partial charge < -0.3 is 5.11 Å². The van der Waals surface area contributed by atoms with E-state index in [-0.39, 0.29) is 17.9 Å². The van der Waals surface area contributed by atoms with Gasteiger partial charge in [0, 0.05) is 13.0 Å². The summed E-state index contributed by atoms with van der Waals surface area (Å²) >= 11 is 0. The van der Waals surface area contributed by atoms with Gasteiger partial charge in [0.25, 0.3) is 0 Å². The van der Waals surface area contributed by atoms with Crippen LogP contribution in [0.5, 0.6) is 0 Å². The molecule has 8 nitrogen and oxygen atoms in total. The summed E-state index contributed by atoms with van der Waals surface area (Å²) < 4.78 is 47.3. The summed E-state index contributed by atoms with van der Waals surface area (Å²) in [6.45, 7) is -0.318. The molecule has 0 aliphatic heterocycles. The molecule has 0 aliphatic rings. The number of rotatable bonds is 8. The van der Waals surface area contributed by atoms with E-state index < -0.39 is 31.8 Å². The number of primary sulfonamides is 1. The summed E-state index contributed by atoms with van der Waals surface area (Å²) in [4.78, 5) is 10.4. The van der Waals surface area contributed by atoms with Crippen LogP contribution in [0, 0.1) is 0 Å². The molecule has 0 saturated heterocycles. The molecule has 0 heterocycles. The fourth-order valence-corrected chi connectivity index (χ4v) is 3.04. The summed E-state index contributed by atoms with van der Waals surface area (Å²) in [6, 6.07) is 5.68. The highest BCUT2D eigenvalue weighted by Crippen LogP contribution is 2.11. The number of carboxylic acids is 1. The van der Waals surface area contributed by atoms with Gasteiger partial charge in [-0.15, -0.1) is 0 Å². The Labute approximate surface area is 123 Å². The minimum absolute atomic E-state index is 0.0315. The normalized spacial score (nSPS) is 12.2. The number of aryl methyl sites for hydroxylation is 1. The predicted octanol–water partition coefficient (Wildman–Crippen LogP) is -0.729.